The second-order valence-corrected chi connectivity index (χ2v) is 6.11. The van der Waals surface area contributed by atoms with Crippen LogP contribution in [0.1, 0.15) is 11.1 Å². The molecule has 0 unspecified atom stereocenters. The molecule has 2 aromatic rings. The molecule has 0 bridgehead atoms. The molecular formula is C19H20F2N2O3. The van der Waals surface area contributed by atoms with Crippen LogP contribution in [0.15, 0.2) is 30.3 Å². The summed E-state index contributed by atoms with van der Waals surface area (Å²) in [6, 6.07) is 7.18. The summed E-state index contributed by atoms with van der Waals surface area (Å²) in [6.45, 7) is 1.47. The van der Waals surface area contributed by atoms with Crippen molar-refractivity contribution >= 4 is 11.6 Å². The maximum absolute atomic E-state index is 13.2. The molecule has 138 valence electrons. The van der Waals surface area contributed by atoms with Crippen molar-refractivity contribution in [3.63, 3.8) is 0 Å². The van der Waals surface area contributed by atoms with Gasteiger partial charge in [0.05, 0.1) is 20.8 Å². The number of nitrogens with zero attached hydrogens (tertiary/aromatic N) is 1. The van der Waals surface area contributed by atoms with E-state index in [1.54, 1.807) is 14.2 Å². The highest BCUT2D eigenvalue weighted by Crippen LogP contribution is 2.33. The van der Waals surface area contributed by atoms with Crippen molar-refractivity contribution in [1.29, 1.82) is 0 Å². The molecule has 1 N–H and O–H groups in total. The first kappa shape index (κ1) is 18.1. The van der Waals surface area contributed by atoms with Crippen LogP contribution in [0, 0.1) is 11.6 Å². The molecule has 3 rings (SSSR count). The van der Waals surface area contributed by atoms with Crippen LogP contribution < -0.4 is 14.8 Å². The molecule has 1 aliphatic rings. The maximum Gasteiger partial charge on any atom is 0.238 e. The van der Waals surface area contributed by atoms with E-state index in [1.807, 2.05) is 17.0 Å². The summed E-state index contributed by atoms with van der Waals surface area (Å²) in [6.07, 6.45) is 0.786. The minimum atomic E-state index is -0.990. The quantitative estimate of drug-likeness (QED) is 0.889. The van der Waals surface area contributed by atoms with E-state index >= 15 is 0 Å². The van der Waals surface area contributed by atoms with Crippen molar-refractivity contribution in [2.45, 2.75) is 13.0 Å². The minimum Gasteiger partial charge on any atom is -0.493 e. The van der Waals surface area contributed by atoms with Gasteiger partial charge in [0, 0.05) is 24.8 Å². The fourth-order valence-corrected chi connectivity index (χ4v) is 3.05. The van der Waals surface area contributed by atoms with E-state index in [4.69, 9.17) is 9.47 Å². The number of carbonyl (C=O) groups excluding carboxylic acids is 1. The Labute approximate surface area is 150 Å². The smallest absolute Gasteiger partial charge is 0.238 e. The van der Waals surface area contributed by atoms with Gasteiger partial charge in [-0.1, -0.05) is 0 Å². The summed E-state index contributed by atoms with van der Waals surface area (Å²) in [5.41, 5.74) is 2.48. The zero-order chi connectivity index (χ0) is 18.7. The molecule has 26 heavy (non-hydrogen) atoms. The largest absolute Gasteiger partial charge is 0.493 e. The molecule has 0 aromatic heterocycles. The number of ether oxygens (including phenoxy) is 2. The van der Waals surface area contributed by atoms with Gasteiger partial charge in [0.25, 0.3) is 0 Å². The Balaban J connectivity index is 1.65. The van der Waals surface area contributed by atoms with E-state index in [0.29, 0.717) is 24.6 Å². The Morgan fingerprint density at radius 1 is 1.08 bits per heavy atom. The van der Waals surface area contributed by atoms with Gasteiger partial charge in [0.2, 0.25) is 5.91 Å². The summed E-state index contributed by atoms with van der Waals surface area (Å²) in [7, 11) is 3.18. The number of rotatable bonds is 5. The Morgan fingerprint density at radius 3 is 2.42 bits per heavy atom. The van der Waals surface area contributed by atoms with Crippen molar-refractivity contribution in [3.05, 3.63) is 53.1 Å². The third-order valence-electron chi connectivity index (χ3n) is 4.37. The molecule has 0 saturated heterocycles. The first-order valence-electron chi connectivity index (χ1n) is 8.21. The van der Waals surface area contributed by atoms with Gasteiger partial charge in [-0.2, -0.15) is 0 Å². The Bertz CT molecular complexity index is 827. The van der Waals surface area contributed by atoms with Gasteiger partial charge in [0.1, 0.15) is 0 Å². The van der Waals surface area contributed by atoms with Gasteiger partial charge in [-0.25, -0.2) is 8.78 Å². The second kappa shape index (κ2) is 7.70. The first-order chi connectivity index (χ1) is 12.5. The highest BCUT2D eigenvalue weighted by atomic mass is 19.2. The van der Waals surface area contributed by atoms with Crippen molar-refractivity contribution < 1.29 is 23.0 Å². The molecule has 0 radical (unpaired) electrons. The average Bonchev–Trinajstić information content (AvgIpc) is 2.63. The lowest BCUT2D eigenvalue weighted by Gasteiger charge is -2.29. The summed E-state index contributed by atoms with van der Waals surface area (Å²) in [5.74, 6) is -0.870. The Kier molecular flexibility index (Phi) is 5.37. The molecule has 0 aliphatic carbocycles. The van der Waals surface area contributed by atoms with Crippen molar-refractivity contribution in [3.8, 4) is 11.5 Å². The summed E-state index contributed by atoms with van der Waals surface area (Å²) in [5, 5.41) is 2.59. The zero-order valence-corrected chi connectivity index (χ0v) is 14.6. The van der Waals surface area contributed by atoms with E-state index in [0.717, 1.165) is 24.1 Å². The summed E-state index contributed by atoms with van der Waals surface area (Å²) < 4.78 is 36.8. The molecule has 2 aromatic carbocycles. The molecule has 0 fully saturated rings. The SMILES string of the molecule is COc1cc2c(cc1OC)CN(CC(=O)Nc1ccc(F)c(F)c1)CC2. The number of halogens is 2. The molecule has 5 nitrogen and oxygen atoms in total. The lowest BCUT2D eigenvalue weighted by molar-refractivity contribution is -0.117. The van der Waals surface area contributed by atoms with Crippen LogP contribution in [0.25, 0.3) is 0 Å². The highest BCUT2D eigenvalue weighted by Gasteiger charge is 2.21. The van der Waals surface area contributed by atoms with E-state index in [9.17, 15) is 13.6 Å². The van der Waals surface area contributed by atoms with Gasteiger partial charge in [0.15, 0.2) is 23.1 Å². The Hall–Kier alpha value is -2.67. The number of carbonyl (C=O) groups is 1. The van der Waals surface area contributed by atoms with E-state index < -0.39 is 11.6 Å². The number of hydrogen-bond acceptors (Lipinski definition) is 4. The van der Waals surface area contributed by atoms with Crippen molar-refractivity contribution in [2.24, 2.45) is 0 Å². The number of benzene rings is 2. The highest BCUT2D eigenvalue weighted by molar-refractivity contribution is 5.92. The van der Waals surface area contributed by atoms with Gasteiger partial charge in [-0.05, 0) is 41.8 Å². The van der Waals surface area contributed by atoms with Crippen molar-refractivity contribution in [1.82, 2.24) is 4.90 Å². The van der Waals surface area contributed by atoms with E-state index in [2.05, 4.69) is 5.32 Å². The summed E-state index contributed by atoms with van der Waals surface area (Å²) in [4.78, 5) is 14.2. The molecule has 1 amide bonds. The maximum atomic E-state index is 13.2. The molecule has 1 aliphatic heterocycles. The van der Waals surface area contributed by atoms with Crippen LogP contribution >= 0.6 is 0 Å². The summed E-state index contributed by atoms with van der Waals surface area (Å²) >= 11 is 0. The van der Waals surface area contributed by atoms with Gasteiger partial charge in [-0.15, -0.1) is 0 Å². The number of methoxy groups -OCH3 is 2. The monoisotopic (exact) mass is 362 g/mol. The Morgan fingerprint density at radius 2 is 1.77 bits per heavy atom. The molecular weight excluding hydrogens is 342 g/mol. The molecule has 7 heteroatoms. The third kappa shape index (κ3) is 3.94. The second-order valence-electron chi connectivity index (χ2n) is 6.11. The van der Waals surface area contributed by atoms with Crippen LogP contribution in [0.4, 0.5) is 14.5 Å². The lowest BCUT2D eigenvalue weighted by Crippen LogP contribution is -2.37. The third-order valence-corrected chi connectivity index (χ3v) is 4.37. The number of anilines is 1. The average molecular weight is 362 g/mol. The molecule has 0 atom stereocenters. The van der Waals surface area contributed by atoms with Crippen LogP contribution in [0.2, 0.25) is 0 Å². The van der Waals surface area contributed by atoms with Gasteiger partial charge in [-0.3, -0.25) is 9.69 Å². The molecule has 0 saturated carbocycles. The predicted octanol–water partition coefficient (Wildman–Crippen LogP) is 2.98. The topological polar surface area (TPSA) is 50.8 Å². The number of nitrogens with one attached hydrogen (secondary N) is 1. The fourth-order valence-electron chi connectivity index (χ4n) is 3.05. The minimum absolute atomic E-state index is 0.160. The number of fused-ring (bicyclic) bond motifs is 1. The fraction of sp³-hybridized carbons (Fsp3) is 0.316. The first-order valence-corrected chi connectivity index (χ1v) is 8.21. The zero-order valence-electron chi connectivity index (χ0n) is 14.6. The van der Waals surface area contributed by atoms with E-state index in [-0.39, 0.29) is 18.1 Å². The predicted molar refractivity (Wildman–Crippen MR) is 93.5 cm³/mol. The van der Waals surface area contributed by atoms with Gasteiger partial charge < -0.3 is 14.8 Å². The van der Waals surface area contributed by atoms with Crippen LogP contribution in [-0.2, 0) is 17.8 Å². The van der Waals surface area contributed by atoms with Crippen molar-refractivity contribution in [2.75, 3.05) is 32.6 Å². The van der Waals surface area contributed by atoms with Crippen LogP contribution in [-0.4, -0.2) is 38.1 Å². The standard InChI is InChI=1S/C19H20F2N2O3/c1-25-17-7-12-5-6-23(10-13(12)8-18(17)26-2)11-19(24)22-14-3-4-15(20)16(21)9-14/h3-4,7-9H,5-6,10-11H2,1-2H3,(H,22,24). The lowest BCUT2D eigenvalue weighted by atomic mass is 9.99. The molecule has 0 spiro atoms. The normalized spacial score (nSPS) is 13.8. The van der Waals surface area contributed by atoms with E-state index in [1.165, 1.54) is 11.6 Å². The number of hydrogen-bond donors (Lipinski definition) is 1. The van der Waals surface area contributed by atoms with Crippen LogP contribution in [0.5, 0.6) is 11.5 Å². The van der Waals surface area contributed by atoms with Gasteiger partial charge >= 0.3 is 0 Å². The molecule has 1 heterocycles. The van der Waals surface area contributed by atoms with Crippen LogP contribution in [0.3, 0.4) is 0 Å². The number of amides is 1.